The van der Waals surface area contributed by atoms with E-state index in [2.05, 4.69) is 15.4 Å². The Morgan fingerprint density at radius 1 is 1.06 bits per heavy atom. The van der Waals surface area contributed by atoms with Crippen LogP contribution in [0, 0.1) is 0 Å². The van der Waals surface area contributed by atoms with E-state index >= 15 is 0 Å². The van der Waals surface area contributed by atoms with Gasteiger partial charge in [-0.1, -0.05) is 35.5 Å². The summed E-state index contributed by atoms with van der Waals surface area (Å²) >= 11 is 0. The van der Waals surface area contributed by atoms with Crippen LogP contribution in [-0.4, -0.2) is 45.2 Å². The van der Waals surface area contributed by atoms with Crippen LogP contribution >= 0.6 is 0 Å². The minimum atomic E-state index is -0.547. The molecule has 2 aromatic carbocycles. The molecular weight excluding hydrogens is 394 g/mol. The Hall–Kier alpha value is -3.94. The molecule has 2 aromatic heterocycles. The molecule has 1 fully saturated rings. The molecule has 1 aliphatic heterocycles. The van der Waals surface area contributed by atoms with Crippen LogP contribution in [-0.2, 0) is 0 Å². The molecule has 3 heterocycles. The summed E-state index contributed by atoms with van der Waals surface area (Å²) in [4.78, 5) is 26.3. The minimum Gasteiger partial charge on any atom is -0.364 e. The van der Waals surface area contributed by atoms with E-state index in [1.165, 1.54) is 0 Å². The van der Waals surface area contributed by atoms with Crippen molar-refractivity contribution in [2.24, 2.45) is 5.73 Å². The van der Waals surface area contributed by atoms with Gasteiger partial charge in [-0.15, -0.1) is 0 Å². The summed E-state index contributed by atoms with van der Waals surface area (Å²) in [5.74, 6) is 0.320. The smallest absolute Gasteiger partial charge is 0.269 e. The summed E-state index contributed by atoms with van der Waals surface area (Å²) in [7, 11) is 0. The molecular formula is C23H21N5O3. The quantitative estimate of drug-likeness (QED) is 0.530. The summed E-state index contributed by atoms with van der Waals surface area (Å²) in [5.41, 5.74) is 8.66. The predicted octanol–water partition coefficient (Wildman–Crippen LogP) is 3.34. The van der Waals surface area contributed by atoms with E-state index in [1.54, 1.807) is 12.1 Å². The van der Waals surface area contributed by atoms with Gasteiger partial charge >= 0.3 is 0 Å². The zero-order valence-corrected chi connectivity index (χ0v) is 16.7. The number of nitrogens with zero attached hydrogens (tertiary/aromatic N) is 3. The Bertz CT molecular complexity index is 1250. The second-order valence-electron chi connectivity index (χ2n) is 7.75. The number of likely N-dealkylation sites (tertiary alicyclic amines) is 1. The number of nitrogens with two attached hydrogens (primary N) is 1. The van der Waals surface area contributed by atoms with Gasteiger partial charge in [0.05, 0.1) is 5.39 Å². The van der Waals surface area contributed by atoms with Gasteiger partial charge in [-0.25, -0.2) is 0 Å². The standard InChI is InChI=1S/C23H21N5O3/c24-22(29)20-13-19(25-26-20)14-8-10-28(11-9-14)23(30)16-6-7-18-17(12-16)21(31-27-18)15-4-2-1-3-5-15/h1-7,12-14H,8-11H2,(H2,24,29)(H,25,26). The van der Waals surface area contributed by atoms with E-state index in [9.17, 15) is 9.59 Å². The highest BCUT2D eigenvalue weighted by molar-refractivity contribution is 6.01. The number of aromatic nitrogens is 3. The van der Waals surface area contributed by atoms with Gasteiger partial charge in [0.15, 0.2) is 5.76 Å². The monoisotopic (exact) mass is 415 g/mol. The van der Waals surface area contributed by atoms with Crippen LogP contribution in [0.25, 0.3) is 22.2 Å². The van der Waals surface area contributed by atoms with Gasteiger partial charge in [-0.05, 0) is 37.1 Å². The van der Waals surface area contributed by atoms with Crippen LogP contribution in [0.1, 0.15) is 45.3 Å². The van der Waals surface area contributed by atoms with Crippen LogP contribution in [0.15, 0.2) is 59.1 Å². The fourth-order valence-corrected chi connectivity index (χ4v) is 4.12. The molecule has 0 spiro atoms. The number of aromatic amines is 1. The van der Waals surface area contributed by atoms with Crippen LogP contribution in [0.2, 0.25) is 0 Å². The van der Waals surface area contributed by atoms with Crippen LogP contribution in [0.5, 0.6) is 0 Å². The number of benzene rings is 2. The van der Waals surface area contributed by atoms with Crippen LogP contribution in [0.3, 0.4) is 0 Å². The molecule has 8 nitrogen and oxygen atoms in total. The first kappa shape index (κ1) is 19.0. The highest BCUT2D eigenvalue weighted by atomic mass is 16.5. The molecule has 156 valence electrons. The van der Waals surface area contributed by atoms with Crippen molar-refractivity contribution in [1.82, 2.24) is 20.3 Å². The van der Waals surface area contributed by atoms with Crippen molar-refractivity contribution >= 4 is 22.7 Å². The number of H-pyrrole nitrogens is 1. The predicted molar refractivity (Wildman–Crippen MR) is 114 cm³/mol. The van der Waals surface area contributed by atoms with Crippen molar-refractivity contribution in [2.75, 3.05) is 13.1 Å². The average molecular weight is 415 g/mol. The average Bonchev–Trinajstić information content (AvgIpc) is 3.47. The number of carbonyl (C=O) groups is 2. The van der Waals surface area contributed by atoms with Crippen LogP contribution in [0.4, 0.5) is 0 Å². The van der Waals surface area contributed by atoms with E-state index in [-0.39, 0.29) is 17.5 Å². The number of nitrogens with one attached hydrogen (secondary N) is 1. The van der Waals surface area contributed by atoms with E-state index in [4.69, 9.17) is 10.3 Å². The molecule has 1 aliphatic rings. The zero-order valence-electron chi connectivity index (χ0n) is 16.7. The Morgan fingerprint density at radius 3 is 2.55 bits per heavy atom. The molecule has 8 heteroatoms. The van der Waals surface area contributed by atoms with Gasteiger partial charge in [-0.2, -0.15) is 5.10 Å². The van der Waals surface area contributed by atoms with Crippen molar-refractivity contribution < 1.29 is 14.1 Å². The number of piperidine rings is 1. The number of hydrogen-bond acceptors (Lipinski definition) is 5. The second-order valence-corrected chi connectivity index (χ2v) is 7.75. The Balaban J connectivity index is 1.33. The summed E-state index contributed by atoms with van der Waals surface area (Å²) in [6.45, 7) is 1.25. The first-order valence-corrected chi connectivity index (χ1v) is 10.2. The molecule has 2 amide bonds. The molecule has 5 rings (SSSR count). The first-order valence-electron chi connectivity index (χ1n) is 10.2. The Kier molecular flexibility index (Phi) is 4.74. The Labute approximate surface area is 178 Å². The van der Waals surface area contributed by atoms with Gasteiger partial charge < -0.3 is 15.2 Å². The van der Waals surface area contributed by atoms with Crippen molar-refractivity contribution in [3.05, 3.63) is 71.5 Å². The summed E-state index contributed by atoms with van der Waals surface area (Å²) < 4.78 is 5.55. The zero-order chi connectivity index (χ0) is 21.4. The first-order chi connectivity index (χ1) is 15.1. The number of rotatable bonds is 4. The van der Waals surface area contributed by atoms with E-state index in [0.29, 0.717) is 24.4 Å². The SMILES string of the molecule is NC(=O)c1cc(C2CCN(C(=O)c3ccc4noc(-c5ccccc5)c4c3)CC2)[nH]n1. The molecule has 4 aromatic rings. The largest absolute Gasteiger partial charge is 0.364 e. The van der Waals surface area contributed by atoms with E-state index in [0.717, 1.165) is 35.0 Å². The molecule has 0 bridgehead atoms. The lowest BCUT2D eigenvalue weighted by Crippen LogP contribution is -2.38. The van der Waals surface area contributed by atoms with Gasteiger partial charge in [-0.3, -0.25) is 14.7 Å². The van der Waals surface area contributed by atoms with Gasteiger partial charge in [0.25, 0.3) is 11.8 Å². The molecule has 0 saturated carbocycles. The maximum atomic E-state index is 13.1. The minimum absolute atomic E-state index is 0.0111. The van der Waals surface area contributed by atoms with E-state index < -0.39 is 5.91 Å². The fraction of sp³-hybridized carbons (Fsp3) is 0.217. The van der Waals surface area contributed by atoms with Gasteiger partial charge in [0.1, 0.15) is 11.2 Å². The van der Waals surface area contributed by atoms with Gasteiger partial charge in [0.2, 0.25) is 0 Å². The van der Waals surface area contributed by atoms with Gasteiger partial charge in [0, 0.05) is 35.8 Å². The number of primary amides is 1. The molecule has 0 unspecified atom stereocenters. The number of amides is 2. The third-order valence-corrected chi connectivity index (χ3v) is 5.83. The fourth-order valence-electron chi connectivity index (χ4n) is 4.12. The second kappa shape index (κ2) is 7.71. The normalized spacial score (nSPS) is 14.8. The summed E-state index contributed by atoms with van der Waals surface area (Å²) in [6, 6.07) is 16.9. The topological polar surface area (TPSA) is 118 Å². The lowest BCUT2D eigenvalue weighted by atomic mass is 9.93. The molecule has 31 heavy (non-hydrogen) atoms. The molecule has 3 N–H and O–H groups in total. The molecule has 0 radical (unpaired) electrons. The third kappa shape index (κ3) is 3.56. The van der Waals surface area contributed by atoms with Crippen LogP contribution < -0.4 is 5.73 Å². The number of hydrogen-bond donors (Lipinski definition) is 2. The molecule has 1 saturated heterocycles. The third-order valence-electron chi connectivity index (χ3n) is 5.83. The highest BCUT2D eigenvalue weighted by Gasteiger charge is 2.26. The number of fused-ring (bicyclic) bond motifs is 1. The Morgan fingerprint density at radius 2 is 1.84 bits per heavy atom. The lowest BCUT2D eigenvalue weighted by Gasteiger charge is -2.31. The van der Waals surface area contributed by atoms with Crippen molar-refractivity contribution in [1.29, 1.82) is 0 Å². The maximum absolute atomic E-state index is 13.1. The van der Waals surface area contributed by atoms with Crippen molar-refractivity contribution in [3.63, 3.8) is 0 Å². The molecule has 0 aliphatic carbocycles. The number of carbonyl (C=O) groups excluding carboxylic acids is 2. The lowest BCUT2D eigenvalue weighted by molar-refractivity contribution is 0.0712. The maximum Gasteiger partial charge on any atom is 0.269 e. The molecule has 0 atom stereocenters. The highest BCUT2D eigenvalue weighted by Crippen LogP contribution is 2.31. The summed E-state index contributed by atoms with van der Waals surface area (Å²) in [6.07, 6.45) is 1.58. The van der Waals surface area contributed by atoms with E-state index in [1.807, 2.05) is 47.4 Å². The van der Waals surface area contributed by atoms with Crippen molar-refractivity contribution in [3.8, 4) is 11.3 Å². The summed E-state index contributed by atoms with van der Waals surface area (Å²) in [5, 5.41) is 11.8. The van der Waals surface area contributed by atoms with Crippen molar-refractivity contribution in [2.45, 2.75) is 18.8 Å².